The molecule has 1 N–H and O–H groups in total. The van der Waals surface area contributed by atoms with Crippen LogP contribution in [0.1, 0.15) is 24.8 Å². The predicted octanol–water partition coefficient (Wildman–Crippen LogP) is 1.69. The van der Waals surface area contributed by atoms with Crippen LogP contribution in [0.4, 0.5) is 0 Å². The summed E-state index contributed by atoms with van der Waals surface area (Å²) in [6.45, 7) is 1.09. The summed E-state index contributed by atoms with van der Waals surface area (Å²) < 4.78 is 5.34. The van der Waals surface area contributed by atoms with Gasteiger partial charge in [-0.1, -0.05) is 30.3 Å². The van der Waals surface area contributed by atoms with Crippen LogP contribution in [0.3, 0.4) is 0 Å². The molecular formula is C15H19NO3. The smallest absolute Gasteiger partial charge is 0.309 e. The third-order valence-electron chi connectivity index (χ3n) is 3.43. The standard InChI is InChI=1S/C15H19NO3/c17-9-7-14-10-13(6-8-16-14)15(18)19-11-12-4-2-1-3-5-12/h1-5,9,13-14,16H,6-8,10-11H2. The number of hydrogen-bond acceptors (Lipinski definition) is 4. The molecule has 1 aliphatic rings. The minimum Gasteiger partial charge on any atom is -0.461 e. The normalized spacial score (nSPS) is 22.7. The molecule has 4 heteroatoms. The van der Waals surface area contributed by atoms with E-state index in [1.54, 1.807) is 0 Å². The molecule has 2 rings (SSSR count). The van der Waals surface area contributed by atoms with Gasteiger partial charge >= 0.3 is 5.97 Å². The van der Waals surface area contributed by atoms with E-state index in [0.717, 1.165) is 24.8 Å². The number of hydrogen-bond donors (Lipinski definition) is 1. The van der Waals surface area contributed by atoms with Gasteiger partial charge in [0.15, 0.2) is 0 Å². The van der Waals surface area contributed by atoms with Crippen LogP contribution in [-0.2, 0) is 20.9 Å². The van der Waals surface area contributed by atoms with Crippen molar-refractivity contribution < 1.29 is 14.3 Å². The zero-order valence-corrected chi connectivity index (χ0v) is 10.9. The lowest BCUT2D eigenvalue weighted by atomic mass is 9.91. The summed E-state index contributed by atoms with van der Waals surface area (Å²) >= 11 is 0. The predicted molar refractivity (Wildman–Crippen MR) is 71.4 cm³/mol. The van der Waals surface area contributed by atoms with Gasteiger partial charge in [0.05, 0.1) is 5.92 Å². The number of carbonyl (C=O) groups excluding carboxylic acids is 2. The summed E-state index contributed by atoms with van der Waals surface area (Å²) in [4.78, 5) is 22.5. The number of benzene rings is 1. The second-order valence-electron chi connectivity index (χ2n) is 4.87. The molecule has 0 bridgehead atoms. The fraction of sp³-hybridized carbons (Fsp3) is 0.467. The van der Waals surface area contributed by atoms with Gasteiger partial charge in [0, 0.05) is 12.5 Å². The molecule has 1 heterocycles. The molecule has 102 valence electrons. The highest BCUT2D eigenvalue weighted by Gasteiger charge is 2.27. The first-order valence-corrected chi connectivity index (χ1v) is 6.67. The quantitative estimate of drug-likeness (QED) is 0.647. The Morgan fingerprint density at radius 2 is 2.16 bits per heavy atom. The highest BCUT2D eigenvalue weighted by atomic mass is 16.5. The Kier molecular flexibility index (Phi) is 5.10. The SMILES string of the molecule is O=CCC1CC(C(=O)OCc2ccccc2)CCN1. The summed E-state index contributed by atoms with van der Waals surface area (Å²) in [6.07, 6.45) is 2.83. The number of esters is 1. The second kappa shape index (κ2) is 7.04. The summed E-state index contributed by atoms with van der Waals surface area (Å²) in [6, 6.07) is 9.76. The van der Waals surface area contributed by atoms with Crippen molar-refractivity contribution in [3.63, 3.8) is 0 Å². The summed E-state index contributed by atoms with van der Waals surface area (Å²) in [5, 5.41) is 3.24. The van der Waals surface area contributed by atoms with Crippen LogP contribution in [0.25, 0.3) is 0 Å². The zero-order valence-electron chi connectivity index (χ0n) is 10.9. The Morgan fingerprint density at radius 1 is 1.37 bits per heavy atom. The Bertz CT molecular complexity index is 419. The summed E-state index contributed by atoms with van der Waals surface area (Å²) in [7, 11) is 0. The second-order valence-corrected chi connectivity index (χ2v) is 4.87. The van der Waals surface area contributed by atoms with Crippen LogP contribution in [0.5, 0.6) is 0 Å². The lowest BCUT2D eigenvalue weighted by Gasteiger charge is -2.27. The first-order valence-electron chi connectivity index (χ1n) is 6.67. The van der Waals surface area contributed by atoms with E-state index in [-0.39, 0.29) is 17.9 Å². The molecule has 0 saturated carbocycles. The van der Waals surface area contributed by atoms with E-state index in [2.05, 4.69) is 5.32 Å². The van der Waals surface area contributed by atoms with Crippen LogP contribution in [0, 0.1) is 5.92 Å². The zero-order chi connectivity index (χ0) is 13.5. The van der Waals surface area contributed by atoms with Crippen molar-refractivity contribution in [1.29, 1.82) is 0 Å². The molecule has 2 unspecified atom stereocenters. The van der Waals surface area contributed by atoms with Crippen LogP contribution in [0.2, 0.25) is 0 Å². The molecule has 1 saturated heterocycles. The van der Waals surface area contributed by atoms with Crippen LogP contribution in [0.15, 0.2) is 30.3 Å². The van der Waals surface area contributed by atoms with Gasteiger partial charge in [-0.25, -0.2) is 0 Å². The highest BCUT2D eigenvalue weighted by Crippen LogP contribution is 2.19. The Labute approximate surface area is 113 Å². The van der Waals surface area contributed by atoms with Crippen molar-refractivity contribution >= 4 is 12.3 Å². The molecule has 2 atom stereocenters. The molecule has 1 aromatic rings. The van der Waals surface area contributed by atoms with Crippen molar-refractivity contribution in [2.75, 3.05) is 6.54 Å². The molecule has 1 aliphatic heterocycles. The maximum Gasteiger partial charge on any atom is 0.309 e. The Morgan fingerprint density at radius 3 is 2.89 bits per heavy atom. The minimum atomic E-state index is -0.152. The van der Waals surface area contributed by atoms with Crippen molar-refractivity contribution in [3.05, 3.63) is 35.9 Å². The molecule has 0 amide bonds. The van der Waals surface area contributed by atoms with Crippen molar-refractivity contribution in [3.8, 4) is 0 Å². The van der Waals surface area contributed by atoms with Crippen LogP contribution >= 0.6 is 0 Å². The first kappa shape index (κ1) is 13.7. The largest absolute Gasteiger partial charge is 0.461 e. The summed E-state index contributed by atoms with van der Waals surface area (Å²) in [5.74, 6) is -0.240. The highest BCUT2D eigenvalue weighted by molar-refractivity contribution is 5.72. The van der Waals surface area contributed by atoms with E-state index >= 15 is 0 Å². The topological polar surface area (TPSA) is 55.4 Å². The molecule has 19 heavy (non-hydrogen) atoms. The van der Waals surface area contributed by atoms with Crippen molar-refractivity contribution in [2.45, 2.75) is 31.9 Å². The maximum atomic E-state index is 12.0. The molecule has 1 fully saturated rings. The van der Waals surface area contributed by atoms with E-state index in [9.17, 15) is 9.59 Å². The molecule has 1 aromatic carbocycles. The van der Waals surface area contributed by atoms with Crippen molar-refractivity contribution in [1.82, 2.24) is 5.32 Å². The fourth-order valence-electron chi connectivity index (χ4n) is 2.36. The summed E-state index contributed by atoms with van der Waals surface area (Å²) in [5.41, 5.74) is 0.995. The Balaban J connectivity index is 1.81. The van der Waals surface area contributed by atoms with Gasteiger partial charge < -0.3 is 14.8 Å². The van der Waals surface area contributed by atoms with Gasteiger partial charge in [-0.05, 0) is 24.9 Å². The first-order chi connectivity index (χ1) is 9.29. The average molecular weight is 261 g/mol. The van der Waals surface area contributed by atoms with Crippen molar-refractivity contribution in [2.24, 2.45) is 5.92 Å². The van der Waals surface area contributed by atoms with Gasteiger partial charge in [0.2, 0.25) is 0 Å². The monoisotopic (exact) mass is 261 g/mol. The van der Waals surface area contributed by atoms with E-state index in [0.29, 0.717) is 19.4 Å². The Hall–Kier alpha value is -1.68. The number of nitrogens with one attached hydrogen (secondary N) is 1. The van der Waals surface area contributed by atoms with E-state index < -0.39 is 0 Å². The number of aldehydes is 1. The van der Waals surface area contributed by atoms with Gasteiger partial charge in [-0.15, -0.1) is 0 Å². The maximum absolute atomic E-state index is 12.0. The average Bonchev–Trinajstić information content (AvgIpc) is 2.46. The molecule has 4 nitrogen and oxygen atoms in total. The molecule has 0 aliphatic carbocycles. The lowest BCUT2D eigenvalue weighted by Crippen LogP contribution is -2.41. The molecule has 0 radical (unpaired) electrons. The van der Waals surface area contributed by atoms with Crippen LogP contribution in [-0.4, -0.2) is 24.8 Å². The number of rotatable bonds is 5. The number of ether oxygens (including phenoxy) is 1. The minimum absolute atomic E-state index is 0.0880. The fourth-order valence-corrected chi connectivity index (χ4v) is 2.36. The molecule has 0 aromatic heterocycles. The van der Waals surface area contributed by atoms with E-state index in [1.807, 2.05) is 30.3 Å². The number of carbonyl (C=O) groups is 2. The van der Waals surface area contributed by atoms with E-state index in [4.69, 9.17) is 4.74 Å². The van der Waals surface area contributed by atoms with Gasteiger partial charge in [-0.3, -0.25) is 4.79 Å². The molecule has 0 spiro atoms. The third-order valence-corrected chi connectivity index (χ3v) is 3.43. The van der Waals surface area contributed by atoms with Gasteiger partial charge in [-0.2, -0.15) is 0 Å². The van der Waals surface area contributed by atoms with E-state index in [1.165, 1.54) is 0 Å². The lowest BCUT2D eigenvalue weighted by molar-refractivity contribution is -0.151. The number of piperidine rings is 1. The van der Waals surface area contributed by atoms with Crippen LogP contribution < -0.4 is 5.32 Å². The molecular weight excluding hydrogens is 242 g/mol. The van der Waals surface area contributed by atoms with Gasteiger partial charge in [0.1, 0.15) is 12.9 Å². The van der Waals surface area contributed by atoms with Gasteiger partial charge in [0.25, 0.3) is 0 Å². The third kappa shape index (κ3) is 4.17.